The quantitative estimate of drug-likeness (QED) is 0.0246. The summed E-state index contributed by atoms with van der Waals surface area (Å²) in [6, 6.07) is 30.8. The van der Waals surface area contributed by atoms with Crippen LogP contribution in [0.15, 0.2) is 107 Å². The first-order chi connectivity index (χ1) is 32.5. The molecule has 0 radical (unpaired) electrons. The number of esters is 1. The molecule has 2 aliphatic heterocycles. The van der Waals surface area contributed by atoms with E-state index < -0.39 is 17.7 Å². The Labute approximate surface area is 387 Å². The number of carbonyl (C=O) groups is 3. The number of pyridine rings is 2. The van der Waals surface area contributed by atoms with Crippen molar-refractivity contribution >= 4 is 34.6 Å². The lowest BCUT2D eigenvalue weighted by atomic mass is 9.86. The summed E-state index contributed by atoms with van der Waals surface area (Å²) >= 11 is 0. The molecule has 0 saturated heterocycles. The molecule has 2 aromatic heterocycles. The molecule has 1 unspecified atom stereocenters. The Hall–Kier alpha value is -7.48. The number of ether oxygens (including phenoxy) is 3. The van der Waals surface area contributed by atoms with E-state index in [1.807, 2.05) is 67.6 Å². The Morgan fingerprint density at radius 1 is 0.955 bits per heavy atom. The molecule has 0 fully saturated rings. The molecule has 0 spiro atoms. The van der Waals surface area contributed by atoms with E-state index in [0.717, 1.165) is 63.6 Å². The molecule has 4 aromatic carbocycles. The van der Waals surface area contributed by atoms with Crippen molar-refractivity contribution in [1.82, 2.24) is 14.5 Å². The van der Waals surface area contributed by atoms with Gasteiger partial charge in [-0.2, -0.15) is 0 Å². The van der Waals surface area contributed by atoms with Crippen LogP contribution in [0.1, 0.15) is 90.8 Å². The van der Waals surface area contributed by atoms with E-state index in [0.29, 0.717) is 54.3 Å². The van der Waals surface area contributed by atoms with Crippen LogP contribution < -0.4 is 15.2 Å². The van der Waals surface area contributed by atoms with Gasteiger partial charge in [-0.15, -0.1) is 0 Å². The summed E-state index contributed by atoms with van der Waals surface area (Å²) in [7, 11) is 1.80. The summed E-state index contributed by atoms with van der Waals surface area (Å²) in [6.45, 7) is 4.57. The third-order valence-electron chi connectivity index (χ3n) is 13.3. The lowest BCUT2D eigenvalue weighted by molar-refractivity contribution is -0.172. The first-order valence-electron chi connectivity index (χ1n) is 22.8. The monoisotopic (exact) mass is 901 g/mol. The third kappa shape index (κ3) is 8.36. The van der Waals surface area contributed by atoms with Crippen LogP contribution in [0.5, 0.6) is 5.75 Å². The molecule has 2 amide bonds. The lowest BCUT2D eigenvalue weighted by Crippen LogP contribution is -2.44. The first-order valence-corrected chi connectivity index (χ1v) is 22.8. The summed E-state index contributed by atoms with van der Waals surface area (Å²) in [5.41, 5.74) is 16.3. The predicted octanol–water partition coefficient (Wildman–Crippen LogP) is 9.26. The molecule has 67 heavy (non-hydrogen) atoms. The second-order valence-corrected chi connectivity index (χ2v) is 17.2. The molecular weight excluding hydrogens is 851 g/mol. The highest BCUT2D eigenvalue weighted by atomic mass is 16.6. The van der Waals surface area contributed by atoms with Crippen LogP contribution in [0.4, 0.5) is 10.5 Å². The molecule has 342 valence electrons. The number of benzene rings is 4. The maximum Gasteiger partial charge on any atom is 0.417 e. The van der Waals surface area contributed by atoms with E-state index in [1.54, 1.807) is 35.6 Å². The minimum absolute atomic E-state index is 0.0431. The van der Waals surface area contributed by atoms with Gasteiger partial charge in [-0.25, -0.2) is 19.5 Å². The Morgan fingerprint density at radius 3 is 2.54 bits per heavy atom. The number of azide groups is 1. The number of hydrogen-bond donors (Lipinski definition) is 1. The molecule has 4 heterocycles. The molecule has 0 bridgehead atoms. The van der Waals surface area contributed by atoms with E-state index in [9.17, 15) is 24.3 Å². The van der Waals surface area contributed by atoms with Crippen molar-refractivity contribution in [3.63, 3.8) is 0 Å². The van der Waals surface area contributed by atoms with Gasteiger partial charge in [0.05, 0.1) is 34.7 Å². The fraction of sp³-hybridized carbons (Fsp3) is 0.327. The van der Waals surface area contributed by atoms with Gasteiger partial charge in [0.2, 0.25) is 5.91 Å². The number of aryl methyl sites for hydroxylation is 1. The maximum atomic E-state index is 14.2. The SMILES string of the molecule is CCc1c2c(nc3ccc(OCN(C(=O)OCC4c5ccccc5-c5ccc(CN(C)C(=O)CCCCCN=[N+]=[N-])cc54)c4ccccc4)cc13)-c1cc3c(c(=O)n1C2)COC(=O)[C@]3(O)CC. The minimum Gasteiger partial charge on any atom is -0.473 e. The van der Waals surface area contributed by atoms with Crippen molar-refractivity contribution in [2.75, 3.05) is 31.8 Å². The number of aliphatic hydroxyl groups is 1. The number of cyclic esters (lactones) is 1. The average molecular weight is 902 g/mol. The standard InChI is InChI=1S/C52H51N7O8/c1-4-35-40-25-34(20-22-45(40)55-48-41(35)28-58-46(48)26-44-43(49(58)61)30-65-50(62)52(44,64)5-2)67-31-59(33-14-8-6-9-15-33)51(63)66-29-42-37-17-12-11-16-36(37)38-21-19-32(24-39(38)42)27-57(3)47(60)18-10-7-13-23-54-56-53/h6,8-9,11-12,14-17,19-22,24-26,42,64H,4-5,7,10,13,18,23,27-31H2,1-3H3/t42?,52-/m0/s1. The number of nitrogens with zero attached hydrogens (tertiary/aromatic N) is 7. The molecule has 15 nitrogen and oxygen atoms in total. The zero-order valence-corrected chi connectivity index (χ0v) is 37.7. The van der Waals surface area contributed by atoms with Crippen LogP contribution in [0.3, 0.4) is 0 Å². The fourth-order valence-corrected chi connectivity index (χ4v) is 9.72. The normalized spacial score (nSPS) is 16.2. The number of unbranched alkanes of at least 4 members (excludes halogenated alkanes) is 2. The topological polar surface area (TPSA) is 189 Å². The molecule has 1 N–H and O–H groups in total. The summed E-state index contributed by atoms with van der Waals surface area (Å²) in [4.78, 5) is 64.8. The number of carbonyl (C=O) groups excluding carboxylic acids is 3. The number of para-hydroxylation sites is 1. The highest BCUT2D eigenvalue weighted by molar-refractivity contribution is 5.91. The van der Waals surface area contributed by atoms with Crippen molar-refractivity contribution in [3.05, 3.63) is 157 Å². The Balaban J connectivity index is 0.928. The summed E-state index contributed by atoms with van der Waals surface area (Å²) in [6.07, 6.45) is 2.80. The zero-order chi connectivity index (χ0) is 46.8. The summed E-state index contributed by atoms with van der Waals surface area (Å²) < 4.78 is 19.5. The van der Waals surface area contributed by atoms with Gasteiger partial charge in [-0.1, -0.05) is 86.0 Å². The van der Waals surface area contributed by atoms with Gasteiger partial charge in [0.25, 0.3) is 5.56 Å². The lowest BCUT2D eigenvalue weighted by Gasteiger charge is -2.31. The highest BCUT2D eigenvalue weighted by Crippen LogP contribution is 2.46. The van der Waals surface area contributed by atoms with Gasteiger partial charge in [0, 0.05) is 53.9 Å². The van der Waals surface area contributed by atoms with Gasteiger partial charge in [-0.3, -0.25) is 9.59 Å². The number of anilines is 1. The predicted molar refractivity (Wildman–Crippen MR) is 252 cm³/mol. The van der Waals surface area contributed by atoms with Crippen molar-refractivity contribution < 1.29 is 33.7 Å². The van der Waals surface area contributed by atoms with Gasteiger partial charge in [0.1, 0.15) is 19.0 Å². The van der Waals surface area contributed by atoms with Gasteiger partial charge in [-0.05, 0) is 101 Å². The van der Waals surface area contributed by atoms with Crippen molar-refractivity contribution in [2.24, 2.45) is 5.11 Å². The van der Waals surface area contributed by atoms with Gasteiger partial charge < -0.3 is 28.8 Å². The molecule has 15 heteroatoms. The Kier molecular flexibility index (Phi) is 12.5. The van der Waals surface area contributed by atoms with E-state index in [4.69, 9.17) is 24.7 Å². The Bertz CT molecular complexity index is 3040. The van der Waals surface area contributed by atoms with Gasteiger partial charge >= 0.3 is 12.1 Å². The second kappa shape index (κ2) is 18.8. The number of fused-ring (bicyclic) bond motifs is 8. The largest absolute Gasteiger partial charge is 0.473 e. The molecule has 6 aromatic rings. The van der Waals surface area contributed by atoms with Crippen molar-refractivity contribution in [2.45, 2.75) is 83.6 Å². The van der Waals surface area contributed by atoms with Crippen LogP contribution in [0.25, 0.3) is 43.9 Å². The van der Waals surface area contributed by atoms with Crippen molar-refractivity contribution in [3.8, 4) is 28.3 Å². The smallest absolute Gasteiger partial charge is 0.417 e. The number of rotatable bonds is 16. The first kappa shape index (κ1) is 44.7. The zero-order valence-electron chi connectivity index (χ0n) is 37.7. The number of aromatic nitrogens is 2. The maximum absolute atomic E-state index is 14.2. The average Bonchev–Trinajstić information content (AvgIpc) is 3.87. The van der Waals surface area contributed by atoms with Crippen LogP contribution in [0, 0.1) is 0 Å². The fourth-order valence-electron chi connectivity index (χ4n) is 9.72. The minimum atomic E-state index is -1.92. The molecule has 0 saturated carbocycles. The van der Waals surface area contributed by atoms with E-state index in [1.165, 1.54) is 4.90 Å². The summed E-state index contributed by atoms with van der Waals surface area (Å²) in [5.74, 6) is -0.461. The molecule has 3 aliphatic rings. The van der Waals surface area contributed by atoms with Crippen molar-refractivity contribution in [1.29, 1.82) is 0 Å². The number of amides is 2. The van der Waals surface area contributed by atoms with Crippen LogP contribution in [-0.4, -0.2) is 64.5 Å². The van der Waals surface area contributed by atoms with E-state index in [2.05, 4.69) is 34.3 Å². The second-order valence-electron chi connectivity index (χ2n) is 17.2. The van der Waals surface area contributed by atoms with E-state index in [-0.39, 0.29) is 61.4 Å². The van der Waals surface area contributed by atoms with Crippen LogP contribution >= 0.6 is 0 Å². The van der Waals surface area contributed by atoms with E-state index >= 15 is 0 Å². The highest BCUT2D eigenvalue weighted by Gasteiger charge is 2.45. The van der Waals surface area contributed by atoms with Crippen LogP contribution in [0.2, 0.25) is 0 Å². The Morgan fingerprint density at radius 2 is 1.75 bits per heavy atom. The third-order valence-corrected chi connectivity index (χ3v) is 13.3. The van der Waals surface area contributed by atoms with Crippen LogP contribution in [-0.2, 0) is 50.8 Å². The van der Waals surface area contributed by atoms with Gasteiger partial charge in [0.15, 0.2) is 12.3 Å². The summed E-state index contributed by atoms with van der Waals surface area (Å²) in [5, 5.41) is 15.7. The number of hydrogen-bond acceptors (Lipinski definition) is 10. The molecule has 2 atom stereocenters. The molecule has 9 rings (SSSR count). The molecule has 1 aliphatic carbocycles. The molecular formula is C52H51N7O8.